The van der Waals surface area contributed by atoms with E-state index in [9.17, 15) is 4.79 Å². The molecule has 0 aliphatic heterocycles. The zero-order chi connectivity index (χ0) is 18.7. The van der Waals surface area contributed by atoms with E-state index in [0.717, 1.165) is 5.56 Å². The molecule has 3 aromatic rings. The predicted octanol–water partition coefficient (Wildman–Crippen LogP) is 5.98. The summed E-state index contributed by atoms with van der Waals surface area (Å²) in [4.78, 5) is 12.1. The van der Waals surface area contributed by atoms with Crippen LogP contribution in [0.3, 0.4) is 0 Å². The van der Waals surface area contributed by atoms with Crippen LogP contribution in [0.2, 0.25) is 15.1 Å². The smallest absolute Gasteiger partial charge is 0.271 e. The SMILES string of the molecule is Cc1ccc(C(=O)NN=Cc2ccc(-c3ccc(Cl)cc3Cl)o2)cc1Cl. The van der Waals surface area contributed by atoms with Gasteiger partial charge in [-0.3, -0.25) is 4.79 Å². The van der Waals surface area contributed by atoms with Crippen molar-refractivity contribution in [2.24, 2.45) is 5.10 Å². The van der Waals surface area contributed by atoms with Crippen LogP contribution in [0.15, 0.2) is 58.0 Å². The first-order valence-corrected chi connectivity index (χ1v) is 8.72. The van der Waals surface area contributed by atoms with Gasteiger partial charge in [0.2, 0.25) is 0 Å². The highest BCUT2D eigenvalue weighted by atomic mass is 35.5. The monoisotopic (exact) mass is 406 g/mol. The third kappa shape index (κ3) is 4.28. The maximum absolute atomic E-state index is 12.1. The lowest BCUT2D eigenvalue weighted by atomic mass is 10.1. The fourth-order valence-corrected chi connectivity index (χ4v) is 2.89. The Morgan fingerprint density at radius 3 is 2.58 bits per heavy atom. The molecule has 1 aromatic heterocycles. The number of hydrogen-bond acceptors (Lipinski definition) is 3. The van der Waals surface area contributed by atoms with Gasteiger partial charge < -0.3 is 4.42 Å². The zero-order valence-electron chi connectivity index (χ0n) is 13.6. The summed E-state index contributed by atoms with van der Waals surface area (Å²) in [6, 6.07) is 13.7. The molecule has 0 aliphatic carbocycles. The van der Waals surface area contributed by atoms with Crippen molar-refractivity contribution in [2.45, 2.75) is 6.92 Å². The fourth-order valence-electron chi connectivity index (χ4n) is 2.21. The van der Waals surface area contributed by atoms with Crippen molar-refractivity contribution in [3.05, 3.63) is 80.5 Å². The van der Waals surface area contributed by atoms with E-state index in [2.05, 4.69) is 10.5 Å². The van der Waals surface area contributed by atoms with Gasteiger partial charge in [-0.2, -0.15) is 5.10 Å². The molecule has 0 saturated heterocycles. The number of hydrazone groups is 1. The molecule has 26 heavy (non-hydrogen) atoms. The molecular weight excluding hydrogens is 395 g/mol. The Bertz CT molecular complexity index is 996. The molecule has 2 aromatic carbocycles. The Kier molecular flexibility index (Phi) is 5.67. The van der Waals surface area contributed by atoms with E-state index in [-0.39, 0.29) is 5.91 Å². The van der Waals surface area contributed by atoms with Crippen molar-refractivity contribution in [3.63, 3.8) is 0 Å². The van der Waals surface area contributed by atoms with Crippen molar-refractivity contribution in [1.29, 1.82) is 0 Å². The second-order valence-electron chi connectivity index (χ2n) is 5.49. The van der Waals surface area contributed by atoms with Gasteiger partial charge in [0.05, 0.1) is 11.2 Å². The number of carbonyl (C=O) groups excluding carboxylic acids is 1. The van der Waals surface area contributed by atoms with Crippen molar-refractivity contribution < 1.29 is 9.21 Å². The summed E-state index contributed by atoms with van der Waals surface area (Å²) < 4.78 is 5.66. The van der Waals surface area contributed by atoms with Crippen LogP contribution in [0.5, 0.6) is 0 Å². The van der Waals surface area contributed by atoms with E-state index < -0.39 is 0 Å². The van der Waals surface area contributed by atoms with Crippen LogP contribution in [0, 0.1) is 6.92 Å². The molecule has 1 heterocycles. The summed E-state index contributed by atoms with van der Waals surface area (Å²) in [6.45, 7) is 1.86. The standard InChI is InChI=1S/C19H13Cl3N2O2/c1-11-2-3-12(8-16(11)21)19(25)24-23-10-14-5-7-18(26-14)15-6-4-13(20)9-17(15)22/h2-10H,1H3,(H,24,25). The number of halogens is 3. The van der Waals surface area contributed by atoms with Crippen molar-refractivity contribution in [3.8, 4) is 11.3 Å². The molecule has 0 saturated carbocycles. The first kappa shape index (κ1) is 18.5. The van der Waals surface area contributed by atoms with Crippen LogP contribution in [-0.2, 0) is 0 Å². The number of nitrogens with zero attached hydrogens (tertiary/aromatic N) is 1. The lowest BCUT2D eigenvalue weighted by Crippen LogP contribution is -2.17. The quantitative estimate of drug-likeness (QED) is 0.427. The van der Waals surface area contributed by atoms with Gasteiger partial charge >= 0.3 is 0 Å². The maximum atomic E-state index is 12.1. The van der Waals surface area contributed by atoms with E-state index in [0.29, 0.717) is 37.7 Å². The Labute approximate surface area is 165 Å². The highest BCUT2D eigenvalue weighted by molar-refractivity contribution is 6.36. The number of aryl methyl sites for hydroxylation is 1. The largest absolute Gasteiger partial charge is 0.455 e. The third-order valence-corrected chi connectivity index (χ3v) is 4.57. The van der Waals surface area contributed by atoms with Crippen LogP contribution in [0.4, 0.5) is 0 Å². The molecule has 132 valence electrons. The number of rotatable bonds is 4. The van der Waals surface area contributed by atoms with Gasteiger partial charge in [0.25, 0.3) is 5.91 Å². The third-order valence-electron chi connectivity index (χ3n) is 3.62. The molecule has 0 bridgehead atoms. The number of carbonyl (C=O) groups is 1. The highest BCUT2D eigenvalue weighted by Gasteiger charge is 2.09. The van der Waals surface area contributed by atoms with Crippen molar-refractivity contribution in [1.82, 2.24) is 5.43 Å². The molecule has 7 heteroatoms. The molecule has 1 amide bonds. The number of hydrogen-bond donors (Lipinski definition) is 1. The topological polar surface area (TPSA) is 54.6 Å². The molecule has 1 N–H and O–H groups in total. The van der Waals surface area contributed by atoms with E-state index in [1.807, 2.05) is 6.92 Å². The molecule has 0 aliphatic rings. The molecule has 0 atom stereocenters. The van der Waals surface area contributed by atoms with Crippen LogP contribution < -0.4 is 5.43 Å². The van der Waals surface area contributed by atoms with Gasteiger partial charge in [-0.05, 0) is 55.0 Å². The second kappa shape index (κ2) is 7.96. The van der Waals surface area contributed by atoms with Crippen LogP contribution >= 0.6 is 34.8 Å². The molecule has 0 unspecified atom stereocenters. The molecule has 0 fully saturated rings. The van der Waals surface area contributed by atoms with Crippen molar-refractivity contribution >= 4 is 46.9 Å². The Morgan fingerprint density at radius 1 is 1.04 bits per heavy atom. The Balaban J connectivity index is 1.68. The van der Waals surface area contributed by atoms with Crippen LogP contribution in [0.25, 0.3) is 11.3 Å². The molecule has 0 spiro atoms. The van der Waals surface area contributed by atoms with E-state index in [1.54, 1.807) is 48.5 Å². The lowest BCUT2D eigenvalue weighted by molar-refractivity contribution is 0.0955. The number of benzene rings is 2. The van der Waals surface area contributed by atoms with E-state index >= 15 is 0 Å². The van der Waals surface area contributed by atoms with Gasteiger partial charge in [0.15, 0.2) is 0 Å². The van der Waals surface area contributed by atoms with Crippen molar-refractivity contribution in [2.75, 3.05) is 0 Å². The lowest BCUT2D eigenvalue weighted by Gasteiger charge is -2.02. The number of furan rings is 1. The molecule has 3 rings (SSSR count). The van der Waals surface area contributed by atoms with E-state index in [1.165, 1.54) is 6.21 Å². The van der Waals surface area contributed by atoms with Gasteiger partial charge in [-0.25, -0.2) is 5.43 Å². The summed E-state index contributed by atoms with van der Waals surface area (Å²) in [6.07, 6.45) is 1.40. The minimum absolute atomic E-state index is 0.365. The summed E-state index contributed by atoms with van der Waals surface area (Å²) >= 11 is 18.1. The predicted molar refractivity (Wildman–Crippen MR) is 105 cm³/mol. The minimum atomic E-state index is -0.365. The first-order valence-electron chi connectivity index (χ1n) is 7.59. The first-order chi connectivity index (χ1) is 12.4. The zero-order valence-corrected chi connectivity index (χ0v) is 15.9. The normalized spacial score (nSPS) is 11.1. The minimum Gasteiger partial charge on any atom is -0.455 e. The molecular formula is C19H13Cl3N2O2. The van der Waals surface area contributed by atoms with Crippen LogP contribution in [-0.4, -0.2) is 12.1 Å². The second-order valence-corrected chi connectivity index (χ2v) is 6.74. The Hall–Kier alpha value is -2.27. The summed E-state index contributed by atoms with van der Waals surface area (Å²) in [5, 5.41) is 5.46. The van der Waals surface area contributed by atoms with Gasteiger partial charge in [-0.15, -0.1) is 0 Å². The average Bonchev–Trinajstić information content (AvgIpc) is 3.05. The highest BCUT2D eigenvalue weighted by Crippen LogP contribution is 2.31. The number of amides is 1. The molecule has 4 nitrogen and oxygen atoms in total. The van der Waals surface area contributed by atoms with Gasteiger partial charge in [0.1, 0.15) is 11.5 Å². The van der Waals surface area contributed by atoms with Crippen LogP contribution in [0.1, 0.15) is 21.7 Å². The fraction of sp³-hybridized carbons (Fsp3) is 0.0526. The molecule has 0 radical (unpaired) electrons. The van der Waals surface area contributed by atoms with Gasteiger partial charge in [-0.1, -0.05) is 40.9 Å². The summed E-state index contributed by atoms with van der Waals surface area (Å²) in [5.41, 5.74) is 4.47. The number of nitrogens with one attached hydrogen (secondary N) is 1. The summed E-state index contributed by atoms with van der Waals surface area (Å²) in [5.74, 6) is 0.675. The Morgan fingerprint density at radius 2 is 1.85 bits per heavy atom. The maximum Gasteiger partial charge on any atom is 0.271 e. The van der Waals surface area contributed by atoms with Gasteiger partial charge in [0, 0.05) is 21.2 Å². The average molecular weight is 408 g/mol. The van der Waals surface area contributed by atoms with E-state index in [4.69, 9.17) is 39.2 Å². The summed E-state index contributed by atoms with van der Waals surface area (Å²) in [7, 11) is 0.